The van der Waals surface area contributed by atoms with Gasteiger partial charge in [-0.05, 0) is 37.1 Å². The van der Waals surface area contributed by atoms with Crippen molar-refractivity contribution >= 4 is 23.2 Å². The molecule has 4 heteroatoms. The first-order valence-corrected chi connectivity index (χ1v) is 7.28. The van der Waals surface area contributed by atoms with E-state index in [1.807, 2.05) is 62.4 Å². The fraction of sp³-hybridized carbons (Fsp3) is 0.235. The van der Waals surface area contributed by atoms with Gasteiger partial charge in [-0.25, -0.2) is 0 Å². The highest BCUT2D eigenvalue weighted by Gasteiger charge is 2.09. The minimum absolute atomic E-state index is 0.0195. The van der Waals surface area contributed by atoms with E-state index >= 15 is 0 Å². The first-order chi connectivity index (χ1) is 10.1. The normalized spacial score (nSPS) is 11.8. The lowest BCUT2D eigenvalue weighted by Gasteiger charge is -2.15. The lowest BCUT2D eigenvalue weighted by molar-refractivity contribution is -0.120. The molecule has 110 valence electrons. The van der Waals surface area contributed by atoms with E-state index in [-0.39, 0.29) is 18.5 Å². The molecule has 0 saturated heterocycles. The van der Waals surface area contributed by atoms with Gasteiger partial charge in [-0.1, -0.05) is 48.0 Å². The van der Waals surface area contributed by atoms with Crippen LogP contribution in [0.5, 0.6) is 0 Å². The Labute approximate surface area is 130 Å². The third kappa shape index (κ3) is 4.50. The lowest BCUT2D eigenvalue weighted by Crippen LogP contribution is -2.32. The molecule has 0 aliphatic carbocycles. The van der Waals surface area contributed by atoms with Gasteiger partial charge >= 0.3 is 0 Å². The fourth-order valence-corrected chi connectivity index (χ4v) is 2.36. The average molecular weight is 303 g/mol. The quantitative estimate of drug-likeness (QED) is 0.878. The van der Waals surface area contributed by atoms with Crippen LogP contribution in [0, 0.1) is 6.92 Å². The predicted molar refractivity (Wildman–Crippen MR) is 87.7 cm³/mol. The zero-order valence-corrected chi connectivity index (χ0v) is 12.9. The van der Waals surface area contributed by atoms with E-state index in [2.05, 4.69) is 10.6 Å². The van der Waals surface area contributed by atoms with Gasteiger partial charge in [0.2, 0.25) is 5.91 Å². The van der Waals surface area contributed by atoms with E-state index in [9.17, 15) is 4.79 Å². The summed E-state index contributed by atoms with van der Waals surface area (Å²) in [6.45, 7) is 4.13. The second-order valence-corrected chi connectivity index (χ2v) is 5.44. The maximum atomic E-state index is 12.0. The largest absolute Gasteiger partial charge is 0.375 e. The first-order valence-electron chi connectivity index (χ1n) is 6.90. The molecule has 1 atom stereocenters. The smallest absolute Gasteiger partial charge is 0.239 e. The Bertz CT molecular complexity index is 613. The summed E-state index contributed by atoms with van der Waals surface area (Å²) in [6.07, 6.45) is 0. The highest BCUT2D eigenvalue weighted by molar-refractivity contribution is 6.33. The monoisotopic (exact) mass is 302 g/mol. The summed E-state index contributed by atoms with van der Waals surface area (Å²) in [5, 5.41) is 6.63. The molecule has 0 heterocycles. The predicted octanol–water partition coefficient (Wildman–Crippen LogP) is 3.94. The van der Waals surface area contributed by atoms with Gasteiger partial charge in [-0.2, -0.15) is 0 Å². The number of carbonyl (C=O) groups excluding carboxylic acids is 1. The number of halogens is 1. The van der Waals surface area contributed by atoms with Crippen LogP contribution in [-0.2, 0) is 4.79 Å². The van der Waals surface area contributed by atoms with Gasteiger partial charge in [-0.15, -0.1) is 0 Å². The number of amides is 1. The highest BCUT2D eigenvalue weighted by atomic mass is 35.5. The molecule has 2 aromatic rings. The zero-order chi connectivity index (χ0) is 15.2. The van der Waals surface area contributed by atoms with Crippen molar-refractivity contribution in [1.29, 1.82) is 0 Å². The lowest BCUT2D eigenvalue weighted by atomic mass is 10.1. The van der Waals surface area contributed by atoms with Crippen LogP contribution in [0.3, 0.4) is 0 Å². The van der Waals surface area contributed by atoms with Crippen molar-refractivity contribution in [3.05, 3.63) is 64.7 Å². The van der Waals surface area contributed by atoms with Gasteiger partial charge in [0.05, 0.1) is 23.3 Å². The molecule has 0 fully saturated rings. The van der Waals surface area contributed by atoms with Crippen molar-refractivity contribution in [1.82, 2.24) is 5.32 Å². The Morgan fingerprint density at radius 3 is 2.57 bits per heavy atom. The third-order valence-corrected chi connectivity index (χ3v) is 3.55. The van der Waals surface area contributed by atoms with Crippen LogP contribution in [0.15, 0.2) is 48.5 Å². The second-order valence-electron chi connectivity index (χ2n) is 5.04. The Morgan fingerprint density at radius 2 is 1.90 bits per heavy atom. The van der Waals surface area contributed by atoms with Crippen LogP contribution in [0.1, 0.15) is 24.1 Å². The molecule has 0 radical (unpaired) electrons. The summed E-state index contributed by atoms with van der Waals surface area (Å²) >= 11 is 6.12. The van der Waals surface area contributed by atoms with Gasteiger partial charge in [0.25, 0.3) is 0 Å². The van der Waals surface area contributed by atoms with Crippen LogP contribution in [-0.4, -0.2) is 12.5 Å². The van der Waals surface area contributed by atoms with Crippen molar-refractivity contribution in [3.63, 3.8) is 0 Å². The van der Waals surface area contributed by atoms with Crippen LogP contribution >= 0.6 is 11.6 Å². The first kappa shape index (κ1) is 15.4. The molecule has 0 aliphatic rings. The van der Waals surface area contributed by atoms with Crippen molar-refractivity contribution in [2.24, 2.45) is 0 Å². The molecule has 2 rings (SSSR count). The molecular weight excluding hydrogens is 284 g/mol. The standard InChI is InChI=1S/C17H19ClN2O/c1-12-8-9-16(15(18)10-12)19-11-17(21)20-13(2)14-6-4-3-5-7-14/h3-10,13,19H,11H2,1-2H3,(H,20,21)/t13-/m0/s1. The minimum Gasteiger partial charge on any atom is -0.375 e. The van der Waals surface area contributed by atoms with Crippen LogP contribution in [0.2, 0.25) is 5.02 Å². The highest BCUT2D eigenvalue weighted by Crippen LogP contribution is 2.22. The summed E-state index contributed by atoms with van der Waals surface area (Å²) in [5.41, 5.74) is 2.94. The number of carbonyl (C=O) groups is 1. The summed E-state index contributed by atoms with van der Waals surface area (Å²) in [7, 11) is 0. The number of nitrogens with one attached hydrogen (secondary N) is 2. The van der Waals surface area contributed by atoms with Crippen LogP contribution in [0.4, 0.5) is 5.69 Å². The van der Waals surface area contributed by atoms with E-state index in [1.54, 1.807) is 0 Å². The molecule has 0 spiro atoms. The SMILES string of the molecule is Cc1ccc(NCC(=O)N[C@@H](C)c2ccccc2)c(Cl)c1. The number of rotatable bonds is 5. The van der Waals surface area contributed by atoms with Crippen molar-refractivity contribution in [2.45, 2.75) is 19.9 Å². The van der Waals surface area contributed by atoms with Crippen LogP contribution < -0.4 is 10.6 Å². The van der Waals surface area contributed by atoms with Gasteiger partial charge in [0.15, 0.2) is 0 Å². The van der Waals surface area contributed by atoms with Gasteiger partial charge in [-0.3, -0.25) is 4.79 Å². The maximum absolute atomic E-state index is 12.0. The van der Waals surface area contributed by atoms with E-state index in [1.165, 1.54) is 0 Å². The molecule has 21 heavy (non-hydrogen) atoms. The molecule has 0 saturated carbocycles. The van der Waals surface area contributed by atoms with E-state index < -0.39 is 0 Å². The summed E-state index contributed by atoms with van der Waals surface area (Å²) in [5.74, 6) is -0.0667. The number of hydrogen-bond donors (Lipinski definition) is 2. The average Bonchev–Trinajstić information content (AvgIpc) is 2.47. The molecule has 0 unspecified atom stereocenters. The summed E-state index contributed by atoms with van der Waals surface area (Å²) < 4.78 is 0. The Hall–Kier alpha value is -2.00. The number of aryl methyl sites for hydroxylation is 1. The van der Waals surface area contributed by atoms with Gasteiger partial charge in [0.1, 0.15) is 0 Å². The van der Waals surface area contributed by atoms with E-state index in [4.69, 9.17) is 11.6 Å². The number of anilines is 1. The van der Waals surface area contributed by atoms with Gasteiger partial charge in [0, 0.05) is 0 Å². The molecule has 3 nitrogen and oxygen atoms in total. The minimum atomic E-state index is -0.0667. The molecule has 0 bridgehead atoms. The van der Waals surface area contributed by atoms with E-state index in [0.717, 1.165) is 16.8 Å². The molecule has 2 N–H and O–H groups in total. The molecule has 0 aromatic heterocycles. The Kier molecular flexibility index (Phi) is 5.23. The van der Waals surface area contributed by atoms with Gasteiger partial charge < -0.3 is 10.6 Å². The third-order valence-electron chi connectivity index (χ3n) is 3.24. The topological polar surface area (TPSA) is 41.1 Å². The molecular formula is C17H19ClN2O. The van der Waals surface area contributed by atoms with E-state index in [0.29, 0.717) is 5.02 Å². The molecule has 1 amide bonds. The van der Waals surface area contributed by atoms with Crippen molar-refractivity contribution in [2.75, 3.05) is 11.9 Å². The maximum Gasteiger partial charge on any atom is 0.239 e. The number of hydrogen-bond acceptors (Lipinski definition) is 2. The molecule has 0 aliphatic heterocycles. The summed E-state index contributed by atoms with van der Waals surface area (Å²) in [6, 6.07) is 15.6. The fourth-order valence-electron chi connectivity index (χ4n) is 2.06. The summed E-state index contributed by atoms with van der Waals surface area (Å²) in [4.78, 5) is 12.0. The Morgan fingerprint density at radius 1 is 1.19 bits per heavy atom. The van der Waals surface area contributed by atoms with Crippen molar-refractivity contribution in [3.8, 4) is 0 Å². The number of benzene rings is 2. The Balaban J connectivity index is 1.87. The van der Waals surface area contributed by atoms with Crippen molar-refractivity contribution < 1.29 is 4.79 Å². The second kappa shape index (κ2) is 7.14. The molecule has 2 aromatic carbocycles. The zero-order valence-electron chi connectivity index (χ0n) is 12.2. The van der Waals surface area contributed by atoms with Crippen LogP contribution in [0.25, 0.3) is 0 Å².